The predicted octanol–water partition coefficient (Wildman–Crippen LogP) is 4.21. The second-order valence-corrected chi connectivity index (χ2v) is 7.29. The minimum Gasteiger partial charge on any atom is -0.495 e. The maximum absolute atomic E-state index is 12.5. The van der Waals surface area contributed by atoms with E-state index in [4.69, 9.17) is 16.3 Å². The number of rotatable bonds is 5. The van der Waals surface area contributed by atoms with Crippen LogP contribution in [0.4, 0.5) is 5.82 Å². The van der Waals surface area contributed by atoms with Crippen molar-refractivity contribution in [1.82, 2.24) is 4.98 Å². The summed E-state index contributed by atoms with van der Waals surface area (Å²) < 4.78 is 32.4. The van der Waals surface area contributed by atoms with Crippen LogP contribution < -0.4 is 9.46 Å². The third-order valence-electron chi connectivity index (χ3n) is 3.54. The van der Waals surface area contributed by atoms with E-state index in [1.54, 1.807) is 18.3 Å². The summed E-state index contributed by atoms with van der Waals surface area (Å²) in [6.07, 6.45) is 1.62. The third-order valence-corrected chi connectivity index (χ3v) is 5.19. The summed E-state index contributed by atoms with van der Waals surface area (Å²) in [5.74, 6) is 0.637. The number of sulfonamides is 1. The molecule has 0 amide bonds. The summed E-state index contributed by atoms with van der Waals surface area (Å²) in [5.41, 5.74) is 1.90. The summed E-state index contributed by atoms with van der Waals surface area (Å²) >= 11 is 5.99. The van der Waals surface area contributed by atoms with Crippen LogP contribution in [0.5, 0.6) is 5.75 Å². The first-order valence-electron chi connectivity index (χ1n) is 7.37. The maximum atomic E-state index is 12.5. The van der Waals surface area contributed by atoms with Gasteiger partial charge in [-0.2, -0.15) is 0 Å². The van der Waals surface area contributed by atoms with E-state index in [2.05, 4.69) is 9.71 Å². The van der Waals surface area contributed by atoms with Crippen molar-refractivity contribution in [3.8, 4) is 16.9 Å². The fraction of sp³-hybridized carbons (Fsp3) is 0.0556. The maximum Gasteiger partial charge on any atom is 0.263 e. The fourth-order valence-corrected chi connectivity index (χ4v) is 3.62. The Labute approximate surface area is 151 Å². The lowest BCUT2D eigenvalue weighted by atomic mass is 10.1. The van der Waals surface area contributed by atoms with Crippen LogP contribution in [-0.4, -0.2) is 20.5 Å². The van der Waals surface area contributed by atoms with Gasteiger partial charge in [-0.15, -0.1) is 0 Å². The van der Waals surface area contributed by atoms with E-state index in [1.807, 2.05) is 30.3 Å². The van der Waals surface area contributed by atoms with Crippen LogP contribution in [0.1, 0.15) is 0 Å². The van der Waals surface area contributed by atoms with Crippen molar-refractivity contribution in [2.45, 2.75) is 4.90 Å². The van der Waals surface area contributed by atoms with Gasteiger partial charge in [-0.1, -0.05) is 41.9 Å². The molecule has 0 spiro atoms. The van der Waals surface area contributed by atoms with Gasteiger partial charge < -0.3 is 4.74 Å². The second kappa shape index (κ2) is 7.13. The molecule has 25 heavy (non-hydrogen) atoms. The lowest BCUT2D eigenvalue weighted by molar-refractivity contribution is 0.414. The van der Waals surface area contributed by atoms with E-state index < -0.39 is 10.0 Å². The highest BCUT2D eigenvalue weighted by Gasteiger charge is 2.17. The molecule has 0 radical (unpaired) electrons. The number of methoxy groups -OCH3 is 1. The van der Waals surface area contributed by atoms with Gasteiger partial charge in [0, 0.05) is 11.8 Å². The van der Waals surface area contributed by atoms with Crippen molar-refractivity contribution < 1.29 is 13.2 Å². The number of benzene rings is 2. The molecule has 0 saturated carbocycles. The highest BCUT2D eigenvalue weighted by atomic mass is 35.5. The average Bonchev–Trinajstić information content (AvgIpc) is 2.62. The van der Waals surface area contributed by atoms with Crippen molar-refractivity contribution in [2.24, 2.45) is 0 Å². The Kier molecular flexibility index (Phi) is 4.92. The van der Waals surface area contributed by atoms with E-state index in [-0.39, 0.29) is 15.7 Å². The second-order valence-electron chi connectivity index (χ2n) is 5.20. The molecular weight excluding hydrogens is 360 g/mol. The third kappa shape index (κ3) is 3.92. The molecule has 5 nitrogen and oxygen atoms in total. The Morgan fingerprint density at radius 2 is 1.76 bits per heavy atom. The van der Waals surface area contributed by atoms with Crippen LogP contribution in [0.25, 0.3) is 11.1 Å². The van der Waals surface area contributed by atoms with E-state index in [9.17, 15) is 8.42 Å². The van der Waals surface area contributed by atoms with Crippen LogP contribution in [0.2, 0.25) is 5.02 Å². The van der Waals surface area contributed by atoms with Crippen LogP contribution in [0.3, 0.4) is 0 Å². The summed E-state index contributed by atoms with van der Waals surface area (Å²) in [6, 6.07) is 17.4. The summed E-state index contributed by atoms with van der Waals surface area (Å²) in [5, 5.41) is 0.220. The largest absolute Gasteiger partial charge is 0.495 e. The number of hydrogen-bond acceptors (Lipinski definition) is 4. The standard InChI is InChI=1S/C18H15ClN2O3S/c1-24-17-9-8-15(11-16(17)19)25(22,23)21-18-10-7-14(12-20-18)13-5-3-2-4-6-13/h2-12H,1H3,(H,20,21). The van der Waals surface area contributed by atoms with Gasteiger partial charge in [-0.25, -0.2) is 13.4 Å². The molecule has 2 aromatic carbocycles. The summed E-state index contributed by atoms with van der Waals surface area (Å²) in [4.78, 5) is 4.21. The van der Waals surface area contributed by atoms with Gasteiger partial charge in [-0.3, -0.25) is 4.72 Å². The molecule has 1 heterocycles. The monoisotopic (exact) mass is 374 g/mol. The normalized spacial score (nSPS) is 11.1. The van der Waals surface area contributed by atoms with Gasteiger partial charge in [0.25, 0.3) is 10.0 Å². The molecule has 0 atom stereocenters. The lowest BCUT2D eigenvalue weighted by Crippen LogP contribution is -2.13. The van der Waals surface area contributed by atoms with E-state index in [0.717, 1.165) is 11.1 Å². The van der Waals surface area contributed by atoms with Crippen molar-refractivity contribution in [3.63, 3.8) is 0 Å². The molecule has 0 fully saturated rings. The van der Waals surface area contributed by atoms with Gasteiger partial charge in [0.2, 0.25) is 0 Å². The molecule has 0 unspecified atom stereocenters. The fourth-order valence-electron chi connectivity index (χ4n) is 2.27. The molecule has 1 aromatic heterocycles. The first-order valence-corrected chi connectivity index (χ1v) is 9.23. The van der Waals surface area contributed by atoms with E-state index in [1.165, 1.54) is 25.3 Å². The predicted molar refractivity (Wildman–Crippen MR) is 98.5 cm³/mol. The summed E-state index contributed by atoms with van der Waals surface area (Å²) in [6.45, 7) is 0. The number of aromatic nitrogens is 1. The number of pyridine rings is 1. The molecule has 0 aliphatic rings. The molecule has 0 aliphatic carbocycles. The molecule has 0 saturated heterocycles. The Morgan fingerprint density at radius 1 is 1.00 bits per heavy atom. The zero-order valence-corrected chi connectivity index (χ0v) is 14.9. The molecule has 3 aromatic rings. The minimum absolute atomic E-state index is 0.0345. The molecule has 7 heteroatoms. The van der Waals surface area contributed by atoms with Crippen LogP contribution in [0.15, 0.2) is 71.8 Å². The lowest BCUT2D eigenvalue weighted by Gasteiger charge is -2.10. The van der Waals surface area contributed by atoms with E-state index in [0.29, 0.717) is 5.75 Å². The zero-order chi connectivity index (χ0) is 17.9. The number of hydrogen-bond donors (Lipinski definition) is 1. The van der Waals surface area contributed by atoms with Gasteiger partial charge in [0.05, 0.1) is 17.0 Å². The zero-order valence-electron chi connectivity index (χ0n) is 13.3. The van der Waals surface area contributed by atoms with Gasteiger partial charge in [0.1, 0.15) is 11.6 Å². The Morgan fingerprint density at radius 3 is 2.36 bits per heavy atom. The average molecular weight is 375 g/mol. The minimum atomic E-state index is -3.79. The molecule has 1 N–H and O–H groups in total. The molecule has 3 rings (SSSR count). The van der Waals surface area contributed by atoms with Crippen molar-refractivity contribution in [1.29, 1.82) is 0 Å². The number of halogens is 1. The molecule has 128 valence electrons. The quantitative estimate of drug-likeness (QED) is 0.726. The molecule has 0 bridgehead atoms. The Hall–Kier alpha value is -2.57. The SMILES string of the molecule is COc1ccc(S(=O)(=O)Nc2ccc(-c3ccccc3)cn2)cc1Cl. The molecule has 0 aliphatic heterocycles. The van der Waals surface area contributed by atoms with E-state index >= 15 is 0 Å². The first-order chi connectivity index (χ1) is 12.0. The Balaban J connectivity index is 1.82. The first kappa shape index (κ1) is 17.3. The van der Waals surface area contributed by atoms with Gasteiger partial charge in [-0.05, 0) is 35.9 Å². The smallest absolute Gasteiger partial charge is 0.263 e. The van der Waals surface area contributed by atoms with Crippen LogP contribution >= 0.6 is 11.6 Å². The molecular formula is C18H15ClN2O3S. The highest BCUT2D eigenvalue weighted by Crippen LogP contribution is 2.28. The van der Waals surface area contributed by atoms with Crippen LogP contribution in [0, 0.1) is 0 Å². The highest BCUT2D eigenvalue weighted by molar-refractivity contribution is 7.92. The number of anilines is 1. The van der Waals surface area contributed by atoms with Crippen molar-refractivity contribution >= 4 is 27.4 Å². The van der Waals surface area contributed by atoms with Gasteiger partial charge in [0.15, 0.2) is 0 Å². The summed E-state index contributed by atoms with van der Waals surface area (Å²) in [7, 11) is -2.33. The number of ether oxygens (including phenoxy) is 1. The van der Waals surface area contributed by atoms with Crippen molar-refractivity contribution in [3.05, 3.63) is 71.9 Å². The van der Waals surface area contributed by atoms with Gasteiger partial charge >= 0.3 is 0 Å². The number of nitrogens with one attached hydrogen (secondary N) is 1. The number of nitrogens with zero attached hydrogens (tertiary/aromatic N) is 1. The Bertz CT molecular complexity index is 975. The van der Waals surface area contributed by atoms with Crippen molar-refractivity contribution in [2.75, 3.05) is 11.8 Å². The van der Waals surface area contributed by atoms with Crippen LogP contribution in [-0.2, 0) is 10.0 Å². The topological polar surface area (TPSA) is 68.3 Å².